The fourth-order valence-electron chi connectivity index (χ4n) is 2.02. The van der Waals surface area contributed by atoms with Crippen molar-refractivity contribution in [3.63, 3.8) is 0 Å². The van der Waals surface area contributed by atoms with Gasteiger partial charge in [-0.05, 0) is 29.7 Å². The Morgan fingerprint density at radius 1 is 1.00 bits per heavy atom. The number of carbonyl (C=O) groups is 1. The van der Waals surface area contributed by atoms with E-state index in [-0.39, 0.29) is 5.91 Å². The van der Waals surface area contributed by atoms with Crippen molar-refractivity contribution in [1.82, 2.24) is 5.32 Å². The molecule has 2 nitrogen and oxygen atoms in total. The van der Waals surface area contributed by atoms with Crippen LogP contribution >= 0.6 is 11.8 Å². The van der Waals surface area contributed by atoms with Crippen LogP contribution in [-0.4, -0.2) is 18.2 Å². The van der Waals surface area contributed by atoms with Gasteiger partial charge in [0.05, 0.1) is 6.42 Å². The van der Waals surface area contributed by atoms with Gasteiger partial charge in [-0.25, -0.2) is 0 Å². The van der Waals surface area contributed by atoms with E-state index < -0.39 is 0 Å². The fraction of sp³-hybridized carbons (Fsp3) is 0.278. The third-order valence-electron chi connectivity index (χ3n) is 3.23. The van der Waals surface area contributed by atoms with E-state index in [0.717, 1.165) is 17.7 Å². The summed E-state index contributed by atoms with van der Waals surface area (Å²) in [5, 5.41) is 2.97. The molecule has 0 spiro atoms. The molecule has 2 aromatic carbocycles. The molecule has 0 aliphatic rings. The van der Waals surface area contributed by atoms with Crippen molar-refractivity contribution < 1.29 is 4.79 Å². The van der Waals surface area contributed by atoms with Crippen molar-refractivity contribution in [3.8, 4) is 0 Å². The predicted octanol–water partition coefficient (Wildman–Crippen LogP) is 3.70. The molecule has 2 aromatic rings. The van der Waals surface area contributed by atoms with Crippen molar-refractivity contribution in [1.29, 1.82) is 0 Å². The second-order valence-corrected chi connectivity index (χ2v) is 6.03. The monoisotopic (exact) mass is 299 g/mol. The summed E-state index contributed by atoms with van der Waals surface area (Å²) in [6.45, 7) is 2.83. The summed E-state index contributed by atoms with van der Waals surface area (Å²) < 4.78 is 0. The maximum Gasteiger partial charge on any atom is 0.224 e. The summed E-state index contributed by atoms with van der Waals surface area (Å²) in [6, 6.07) is 18.5. The zero-order chi connectivity index (χ0) is 14.9. The van der Waals surface area contributed by atoms with E-state index in [1.54, 1.807) is 11.8 Å². The maximum atomic E-state index is 11.9. The smallest absolute Gasteiger partial charge is 0.224 e. The molecule has 0 saturated heterocycles. The zero-order valence-corrected chi connectivity index (χ0v) is 13.2. The van der Waals surface area contributed by atoms with Crippen molar-refractivity contribution in [3.05, 3.63) is 65.7 Å². The minimum absolute atomic E-state index is 0.0907. The highest BCUT2D eigenvalue weighted by atomic mass is 32.2. The Labute approximate surface area is 131 Å². The molecule has 1 amide bonds. The van der Waals surface area contributed by atoms with E-state index in [1.165, 1.54) is 10.5 Å². The Kier molecular flexibility index (Phi) is 6.35. The SMILES string of the molecule is CCc1ccc(CC(=O)NCCSc2ccccc2)cc1. The summed E-state index contributed by atoms with van der Waals surface area (Å²) in [7, 11) is 0. The van der Waals surface area contributed by atoms with Crippen LogP contribution in [0.4, 0.5) is 0 Å². The zero-order valence-electron chi connectivity index (χ0n) is 12.3. The van der Waals surface area contributed by atoms with E-state index in [1.807, 2.05) is 30.3 Å². The molecule has 0 aliphatic carbocycles. The predicted molar refractivity (Wildman–Crippen MR) is 89.7 cm³/mol. The highest BCUT2D eigenvalue weighted by molar-refractivity contribution is 7.99. The minimum Gasteiger partial charge on any atom is -0.355 e. The van der Waals surface area contributed by atoms with Gasteiger partial charge in [0.2, 0.25) is 5.91 Å². The average Bonchev–Trinajstić information content (AvgIpc) is 2.53. The number of hydrogen-bond donors (Lipinski definition) is 1. The number of nitrogens with one attached hydrogen (secondary N) is 1. The van der Waals surface area contributed by atoms with Crippen LogP contribution in [-0.2, 0) is 17.6 Å². The topological polar surface area (TPSA) is 29.1 Å². The largest absolute Gasteiger partial charge is 0.355 e. The standard InChI is InChI=1S/C18H21NOS/c1-2-15-8-10-16(11-9-15)14-18(20)19-12-13-21-17-6-4-3-5-7-17/h3-11H,2,12-14H2,1H3,(H,19,20). The first kappa shape index (κ1) is 15.6. The normalized spacial score (nSPS) is 10.3. The summed E-state index contributed by atoms with van der Waals surface area (Å²) in [5.74, 6) is 0.984. The van der Waals surface area contributed by atoms with Gasteiger partial charge in [-0.15, -0.1) is 11.8 Å². The van der Waals surface area contributed by atoms with Crippen LogP contribution in [0.2, 0.25) is 0 Å². The Morgan fingerprint density at radius 3 is 2.33 bits per heavy atom. The van der Waals surface area contributed by atoms with Crippen LogP contribution < -0.4 is 5.32 Å². The van der Waals surface area contributed by atoms with Gasteiger partial charge in [-0.3, -0.25) is 4.79 Å². The van der Waals surface area contributed by atoms with Gasteiger partial charge in [-0.1, -0.05) is 49.4 Å². The van der Waals surface area contributed by atoms with Crippen LogP contribution in [0.5, 0.6) is 0 Å². The second-order valence-electron chi connectivity index (χ2n) is 4.86. The quantitative estimate of drug-likeness (QED) is 0.624. The molecule has 0 unspecified atom stereocenters. The molecule has 0 fully saturated rings. The number of amides is 1. The van der Waals surface area contributed by atoms with Crippen LogP contribution in [0.1, 0.15) is 18.1 Å². The Balaban J connectivity index is 1.67. The number of aryl methyl sites for hydroxylation is 1. The Bertz CT molecular complexity index is 551. The van der Waals surface area contributed by atoms with E-state index >= 15 is 0 Å². The van der Waals surface area contributed by atoms with Crippen LogP contribution in [0.15, 0.2) is 59.5 Å². The number of thioether (sulfide) groups is 1. The fourth-order valence-corrected chi connectivity index (χ4v) is 2.81. The third-order valence-corrected chi connectivity index (χ3v) is 4.25. The van der Waals surface area contributed by atoms with E-state index in [9.17, 15) is 4.79 Å². The van der Waals surface area contributed by atoms with E-state index in [2.05, 4.69) is 36.5 Å². The molecule has 110 valence electrons. The lowest BCUT2D eigenvalue weighted by atomic mass is 10.1. The first-order valence-electron chi connectivity index (χ1n) is 7.30. The summed E-state index contributed by atoms with van der Waals surface area (Å²) in [6.07, 6.45) is 1.49. The first-order valence-corrected chi connectivity index (χ1v) is 8.29. The molecule has 0 radical (unpaired) electrons. The van der Waals surface area contributed by atoms with Gasteiger partial charge in [0.15, 0.2) is 0 Å². The molecule has 0 aliphatic heterocycles. The summed E-state index contributed by atoms with van der Waals surface area (Å²) in [5.41, 5.74) is 2.37. The van der Waals surface area contributed by atoms with Crippen LogP contribution in [0.3, 0.4) is 0 Å². The molecule has 21 heavy (non-hydrogen) atoms. The van der Waals surface area contributed by atoms with Crippen LogP contribution in [0, 0.1) is 0 Å². The second kappa shape index (κ2) is 8.53. The van der Waals surface area contributed by atoms with Crippen molar-refractivity contribution >= 4 is 17.7 Å². The molecule has 0 heterocycles. The summed E-state index contributed by atoms with van der Waals surface area (Å²) >= 11 is 1.76. The minimum atomic E-state index is 0.0907. The molecule has 3 heteroatoms. The highest BCUT2D eigenvalue weighted by Crippen LogP contribution is 2.15. The maximum absolute atomic E-state index is 11.9. The van der Waals surface area contributed by atoms with Crippen molar-refractivity contribution in [2.45, 2.75) is 24.7 Å². The Morgan fingerprint density at radius 2 is 1.67 bits per heavy atom. The lowest BCUT2D eigenvalue weighted by Gasteiger charge is -2.06. The lowest BCUT2D eigenvalue weighted by molar-refractivity contribution is -0.120. The number of hydrogen-bond acceptors (Lipinski definition) is 2. The average molecular weight is 299 g/mol. The van der Waals surface area contributed by atoms with Gasteiger partial charge >= 0.3 is 0 Å². The molecule has 0 atom stereocenters. The first-order chi connectivity index (χ1) is 10.3. The number of rotatable bonds is 7. The third kappa shape index (κ3) is 5.64. The molecule has 0 bridgehead atoms. The number of benzene rings is 2. The summed E-state index contributed by atoms with van der Waals surface area (Å²) in [4.78, 5) is 13.1. The van der Waals surface area contributed by atoms with Crippen LogP contribution in [0.25, 0.3) is 0 Å². The van der Waals surface area contributed by atoms with Gasteiger partial charge < -0.3 is 5.32 Å². The number of carbonyl (C=O) groups excluding carboxylic acids is 1. The molecular formula is C18H21NOS. The van der Waals surface area contributed by atoms with Gasteiger partial charge in [0.25, 0.3) is 0 Å². The molecule has 1 N–H and O–H groups in total. The highest BCUT2D eigenvalue weighted by Gasteiger charge is 2.03. The Hall–Kier alpha value is -1.74. The molecule has 0 aromatic heterocycles. The van der Waals surface area contributed by atoms with E-state index in [4.69, 9.17) is 0 Å². The molecular weight excluding hydrogens is 278 g/mol. The van der Waals surface area contributed by atoms with Gasteiger partial charge in [-0.2, -0.15) is 0 Å². The molecule has 0 saturated carbocycles. The van der Waals surface area contributed by atoms with E-state index in [0.29, 0.717) is 13.0 Å². The van der Waals surface area contributed by atoms with Crippen molar-refractivity contribution in [2.24, 2.45) is 0 Å². The van der Waals surface area contributed by atoms with Gasteiger partial charge in [0.1, 0.15) is 0 Å². The lowest BCUT2D eigenvalue weighted by Crippen LogP contribution is -2.27. The van der Waals surface area contributed by atoms with Gasteiger partial charge in [0, 0.05) is 17.2 Å². The molecule has 2 rings (SSSR count). The van der Waals surface area contributed by atoms with Crippen molar-refractivity contribution in [2.75, 3.05) is 12.3 Å².